The number of hydrogen-bond acceptors (Lipinski definition) is 0. The van der Waals surface area contributed by atoms with Crippen molar-refractivity contribution in [2.75, 3.05) is 0 Å². The minimum Gasteiger partial charge on any atom is -0.166 e. The van der Waals surface area contributed by atoms with Crippen LogP contribution in [0.15, 0.2) is 42.5 Å². The zero-order valence-electron chi connectivity index (χ0n) is 8.55. The first-order valence-corrected chi connectivity index (χ1v) is 5.20. The van der Waals surface area contributed by atoms with E-state index in [-0.39, 0.29) is 10.6 Å². The van der Waals surface area contributed by atoms with E-state index < -0.39 is 11.7 Å². The highest BCUT2D eigenvalue weighted by Crippen LogP contribution is 2.38. The Morgan fingerprint density at radius 3 is 2.35 bits per heavy atom. The van der Waals surface area contributed by atoms with Gasteiger partial charge in [-0.05, 0) is 29.8 Å². The Hall–Kier alpha value is -1.48. The molecule has 0 aromatic heterocycles. The fourth-order valence-corrected chi connectivity index (χ4v) is 1.80. The molecule has 0 nitrogen and oxygen atoms in total. The van der Waals surface area contributed by atoms with Crippen LogP contribution in [0.1, 0.15) is 5.56 Å². The third-order valence-corrected chi connectivity index (χ3v) is 2.66. The molecule has 0 heterocycles. The van der Waals surface area contributed by atoms with E-state index in [4.69, 9.17) is 11.6 Å². The molecule has 0 bridgehead atoms. The van der Waals surface area contributed by atoms with Crippen LogP contribution in [0, 0.1) is 6.07 Å². The number of hydrogen-bond donors (Lipinski definition) is 0. The van der Waals surface area contributed by atoms with Gasteiger partial charge in [-0.2, -0.15) is 13.2 Å². The highest BCUT2D eigenvalue weighted by Gasteiger charge is 2.33. The van der Waals surface area contributed by atoms with Crippen LogP contribution < -0.4 is 0 Å². The van der Waals surface area contributed by atoms with E-state index in [1.807, 2.05) is 0 Å². The van der Waals surface area contributed by atoms with Crippen molar-refractivity contribution in [3.63, 3.8) is 0 Å². The van der Waals surface area contributed by atoms with Gasteiger partial charge in [0, 0.05) is 10.6 Å². The number of alkyl halides is 3. The second-order valence-corrected chi connectivity index (χ2v) is 3.86. The van der Waals surface area contributed by atoms with Gasteiger partial charge in [-0.15, -0.1) is 0 Å². The van der Waals surface area contributed by atoms with Crippen LogP contribution in [0.5, 0.6) is 0 Å². The van der Waals surface area contributed by atoms with Crippen molar-refractivity contribution in [2.24, 2.45) is 0 Å². The Kier molecular flexibility index (Phi) is 3.11. The number of benzene rings is 2. The fourth-order valence-electron chi connectivity index (χ4n) is 1.58. The molecular weight excluding hydrogens is 249 g/mol. The molecule has 0 aliphatic carbocycles. The van der Waals surface area contributed by atoms with Gasteiger partial charge in [-0.1, -0.05) is 35.9 Å². The van der Waals surface area contributed by atoms with Gasteiger partial charge in [-0.3, -0.25) is 0 Å². The average molecular weight is 256 g/mol. The first kappa shape index (κ1) is 12.0. The van der Waals surface area contributed by atoms with E-state index in [2.05, 4.69) is 6.07 Å². The van der Waals surface area contributed by atoms with Crippen LogP contribution in [-0.4, -0.2) is 0 Å². The molecule has 0 saturated carbocycles. The van der Waals surface area contributed by atoms with Crippen LogP contribution in [0.25, 0.3) is 11.1 Å². The summed E-state index contributed by atoms with van der Waals surface area (Å²) in [7, 11) is 0. The minimum atomic E-state index is -4.39. The highest BCUT2D eigenvalue weighted by molar-refractivity contribution is 6.33. The summed E-state index contributed by atoms with van der Waals surface area (Å²) in [5, 5.41) is 0.278. The summed E-state index contributed by atoms with van der Waals surface area (Å²) in [5.74, 6) is 0. The van der Waals surface area contributed by atoms with Crippen molar-refractivity contribution in [1.29, 1.82) is 0 Å². The first-order valence-electron chi connectivity index (χ1n) is 4.82. The quantitative estimate of drug-likeness (QED) is 0.685. The number of rotatable bonds is 1. The third kappa shape index (κ3) is 2.44. The molecule has 0 saturated heterocycles. The second-order valence-electron chi connectivity index (χ2n) is 3.45. The summed E-state index contributed by atoms with van der Waals surface area (Å²) in [6.45, 7) is 0. The molecule has 2 rings (SSSR count). The maximum atomic E-state index is 12.8. The molecule has 2 aromatic rings. The predicted octanol–water partition coefficient (Wildman–Crippen LogP) is 4.83. The summed E-state index contributed by atoms with van der Waals surface area (Å²) >= 11 is 5.89. The van der Waals surface area contributed by atoms with Crippen molar-refractivity contribution in [3.8, 4) is 11.1 Å². The van der Waals surface area contributed by atoms with Crippen LogP contribution in [0.4, 0.5) is 13.2 Å². The molecule has 87 valence electrons. The molecule has 0 fully saturated rings. The van der Waals surface area contributed by atoms with Gasteiger partial charge in [0.2, 0.25) is 0 Å². The van der Waals surface area contributed by atoms with Crippen LogP contribution in [0.3, 0.4) is 0 Å². The van der Waals surface area contributed by atoms with Crippen molar-refractivity contribution < 1.29 is 13.2 Å². The van der Waals surface area contributed by atoms with Gasteiger partial charge in [0.05, 0.1) is 5.56 Å². The Balaban J connectivity index is 2.65. The summed E-state index contributed by atoms with van der Waals surface area (Å²) in [6.07, 6.45) is -4.39. The van der Waals surface area contributed by atoms with Gasteiger partial charge in [0.15, 0.2) is 0 Å². The zero-order valence-corrected chi connectivity index (χ0v) is 9.31. The molecule has 0 aliphatic rings. The van der Waals surface area contributed by atoms with Gasteiger partial charge < -0.3 is 0 Å². The molecule has 1 radical (unpaired) electrons. The maximum Gasteiger partial charge on any atom is 0.417 e. The molecule has 0 atom stereocenters. The second kappa shape index (κ2) is 4.41. The topological polar surface area (TPSA) is 0 Å². The normalized spacial score (nSPS) is 11.5. The molecule has 0 amide bonds. The smallest absolute Gasteiger partial charge is 0.166 e. The van der Waals surface area contributed by atoms with E-state index in [0.717, 1.165) is 6.07 Å². The van der Waals surface area contributed by atoms with Crippen molar-refractivity contribution in [2.45, 2.75) is 6.18 Å². The van der Waals surface area contributed by atoms with Crippen molar-refractivity contribution in [3.05, 3.63) is 59.1 Å². The Labute approximate surface area is 102 Å². The monoisotopic (exact) mass is 255 g/mol. The lowest BCUT2D eigenvalue weighted by Crippen LogP contribution is -2.06. The Morgan fingerprint density at radius 2 is 1.71 bits per heavy atom. The maximum absolute atomic E-state index is 12.8. The SMILES string of the molecule is FC(F)(F)c1ccccc1-c1c[c]ccc1Cl. The molecule has 0 unspecified atom stereocenters. The van der Waals surface area contributed by atoms with Crippen molar-refractivity contribution >= 4 is 11.6 Å². The zero-order chi connectivity index (χ0) is 12.5. The van der Waals surface area contributed by atoms with E-state index in [0.29, 0.717) is 5.56 Å². The Morgan fingerprint density at radius 1 is 1.00 bits per heavy atom. The lowest BCUT2D eigenvalue weighted by Gasteiger charge is -2.13. The van der Waals surface area contributed by atoms with Gasteiger partial charge >= 0.3 is 6.18 Å². The lowest BCUT2D eigenvalue weighted by atomic mass is 9.99. The summed E-state index contributed by atoms with van der Waals surface area (Å²) in [4.78, 5) is 0. The average Bonchev–Trinajstić information content (AvgIpc) is 2.28. The summed E-state index contributed by atoms with van der Waals surface area (Å²) < 4.78 is 38.4. The standard InChI is InChI=1S/C13H7ClF3/c14-12-8-4-2-6-10(12)9-5-1-3-7-11(9)13(15,16)17/h1,3-8H. The molecular formula is C13H7ClF3. The van der Waals surface area contributed by atoms with E-state index in [1.54, 1.807) is 12.1 Å². The van der Waals surface area contributed by atoms with Gasteiger partial charge in [0.25, 0.3) is 0 Å². The largest absolute Gasteiger partial charge is 0.417 e. The van der Waals surface area contributed by atoms with Crippen molar-refractivity contribution in [1.82, 2.24) is 0 Å². The van der Waals surface area contributed by atoms with Crippen LogP contribution in [-0.2, 0) is 6.18 Å². The Bertz CT molecular complexity index is 532. The molecule has 2 aromatic carbocycles. The van der Waals surface area contributed by atoms with E-state index in [9.17, 15) is 13.2 Å². The van der Waals surface area contributed by atoms with Gasteiger partial charge in [0.1, 0.15) is 0 Å². The fraction of sp³-hybridized carbons (Fsp3) is 0.0769. The highest BCUT2D eigenvalue weighted by atomic mass is 35.5. The third-order valence-electron chi connectivity index (χ3n) is 2.33. The van der Waals surface area contributed by atoms with Crippen LogP contribution in [0.2, 0.25) is 5.02 Å². The molecule has 4 heteroatoms. The molecule has 0 spiro atoms. The molecule has 17 heavy (non-hydrogen) atoms. The lowest BCUT2D eigenvalue weighted by molar-refractivity contribution is -0.137. The first-order chi connectivity index (χ1) is 8.00. The minimum absolute atomic E-state index is 0.0712. The molecule has 0 N–H and O–H groups in total. The van der Waals surface area contributed by atoms with E-state index in [1.165, 1.54) is 24.3 Å². The summed E-state index contributed by atoms with van der Waals surface area (Å²) in [5.41, 5.74) is -0.287. The predicted molar refractivity (Wildman–Crippen MR) is 60.7 cm³/mol. The van der Waals surface area contributed by atoms with E-state index >= 15 is 0 Å². The molecule has 0 aliphatic heterocycles. The number of halogens is 4. The van der Waals surface area contributed by atoms with Crippen LogP contribution >= 0.6 is 11.6 Å². The van der Waals surface area contributed by atoms with Gasteiger partial charge in [-0.25, -0.2) is 0 Å². The summed E-state index contributed by atoms with van der Waals surface area (Å²) in [6, 6.07) is 12.6.